The lowest BCUT2D eigenvalue weighted by Gasteiger charge is -2.17. The second kappa shape index (κ2) is 5.37. The van der Waals surface area contributed by atoms with Gasteiger partial charge in [0.1, 0.15) is 21.9 Å². The predicted octanol–water partition coefficient (Wildman–Crippen LogP) is 2.38. The first-order chi connectivity index (χ1) is 7.43. The molecule has 16 heavy (non-hydrogen) atoms. The second-order valence-electron chi connectivity index (χ2n) is 4.28. The lowest BCUT2D eigenvalue weighted by Crippen LogP contribution is -2.25. The monoisotopic (exact) mass is 238 g/mol. The fourth-order valence-electron chi connectivity index (χ4n) is 0.927. The molecule has 0 bridgehead atoms. The largest absolute Gasteiger partial charge is 0.591 e. The Bertz CT molecular complexity index is 372. The third-order valence-corrected chi connectivity index (χ3v) is 3.19. The molecular formula is C12H16NO2S. The second-order valence-corrected chi connectivity index (χ2v) is 6.21. The average Bonchev–Trinajstić information content (AvgIpc) is 2.25. The molecule has 87 valence electrons. The van der Waals surface area contributed by atoms with E-state index in [-0.39, 0.29) is 4.75 Å². The van der Waals surface area contributed by atoms with Crippen molar-refractivity contribution in [2.24, 2.45) is 4.40 Å². The van der Waals surface area contributed by atoms with Crippen molar-refractivity contribution < 1.29 is 9.29 Å². The molecule has 0 heterocycles. The Morgan fingerprint density at radius 3 is 2.75 bits per heavy atom. The van der Waals surface area contributed by atoms with Crippen LogP contribution in [0.15, 0.2) is 22.6 Å². The molecule has 0 aliphatic heterocycles. The van der Waals surface area contributed by atoms with Crippen molar-refractivity contribution in [2.45, 2.75) is 25.5 Å². The maximum absolute atomic E-state index is 11.7. The molecule has 0 saturated carbocycles. The van der Waals surface area contributed by atoms with Crippen LogP contribution >= 0.6 is 0 Å². The normalized spacial score (nSPS) is 14.1. The minimum Gasteiger partial charge on any atom is -0.591 e. The zero-order valence-corrected chi connectivity index (χ0v) is 10.8. The van der Waals surface area contributed by atoms with Gasteiger partial charge in [-0.05, 0) is 39.0 Å². The van der Waals surface area contributed by atoms with Crippen LogP contribution in [0.3, 0.4) is 0 Å². The van der Waals surface area contributed by atoms with Crippen LogP contribution in [0.4, 0.5) is 0 Å². The van der Waals surface area contributed by atoms with E-state index in [1.54, 1.807) is 31.5 Å². The Hall–Kier alpha value is -1.00. The molecule has 0 unspecified atom stereocenters. The fourth-order valence-corrected chi connectivity index (χ4v) is 1.45. The van der Waals surface area contributed by atoms with Gasteiger partial charge < -0.3 is 9.29 Å². The van der Waals surface area contributed by atoms with Gasteiger partial charge in [0.05, 0.1) is 13.3 Å². The average molecular weight is 238 g/mol. The van der Waals surface area contributed by atoms with Crippen molar-refractivity contribution in [3.8, 4) is 5.75 Å². The number of rotatable bonds is 3. The molecule has 0 N–H and O–H groups in total. The van der Waals surface area contributed by atoms with Gasteiger partial charge >= 0.3 is 0 Å². The number of ether oxygens (including phenoxy) is 1. The molecule has 1 aromatic rings. The van der Waals surface area contributed by atoms with Crippen molar-refractivity contribution in [1.82, 2.24) is 0 Å². The van der Waals surface area contributed by atoms with Gasteiger partial charge in [0.15, 0.2) is 0 Å². The lowest BCUT2D eigenvalue weighted by atomic mass is 10.2. The van der Waals surface area contributed by atoms with Crippen LogP contribution in [0.5, 0.6) is 5.75 Å². The lowest BCUT2D eigenvalue weighted by molar-refractivity contribution is 0.414. The first kappa shape index (κ1) is 13.1. The Balaban J connectivity index is 2.76. The number of benzene rings is 1. The van der Waals surface area contributed by atoms with Crippen molar-refractivity contribution in [3.63, 3.8) is 0 Å². The standard InChI is InChI=1S/C12H16NO2S/c1-12(2,3)16(14)13-9-10-6-5-7-11(8-10)15-4/h5,7-9H,1-4H3/b13-9+/t16-/m0/s1. The molecule has 0 spiro atoms. The van der Waals surface area contributed by atoms with Crippen LogP contribution in [0, 0.1) is 6.07 Å². The summed E-state index contributed by atoms with van der Waals surface area (Å²) in [6.07, 6.45) is 1.56. The molecule has 0 saturated heterocycles. The van der Waals surface area contributed by atoms with Crippen LogP contribution in [-0.4, -0.2) is 22.6 Å². The van der Waals surface area contributed by atoms with E-state index >= 15 is 0 Å². The Labute approximate surface area is 99.9 Å². The van der Waals surface area contributed by atoms with E-state index in [0.717, 1.165) is 11.3 Å². The van der Waals surface area contributed by atoms with Gasteiger partial charge in [0.2, 0.25) is 0 Å². The summed E-state index contributed by atoms with van der Waals surface area (Å²) in [5, 5.41) is 0. The summed E-state index contributed by atoms with van der Waals surface area (Å²) in [4.78, 5) is 0. The minimum absolute atomic E-state index is 0.338. The van der Waals surface area contributed by atoms with Crippen LogP contribution < -0.4 is 4.74 Å². The smallest absolute Gasteiger partial charge is 0.144 e. The van der Waals surface area contributed by atoms with E-state index < -0.39 is 11.4 Å². The van der Waals surface area contributed by atoms with Crippen LogP contribution in [0.25, 0.3) is 0 Å². The minimum atomic E-state index is -1.24. The first-order valence-corrected chi connectivity index (χ1v) is 6.06. The summed E-state index contributed by atoms with van der Waals surface area (Å²) >= 11 is -1.24. The van der Waals surface area contributed by atoms with Gasteiger partial charge in [0, 0.05) is 5.56 Å². The maximum Gasteiger partial charge on any atom is 0.144 e. The van der Waals surface area contributed by atoms with Gasteiger partial charge in [-0.3, -0.25) is 0 Å². The Morgan fingerprint density at radius 2 is 2.19 bits per heavy atom. The van der Waals surface area contributed by atoms with Gasteiger partial charge in [-0.2, -0.15) is 0 Å². The van der Waals surface area contributed by atoms with Gasteiger partial charge in [0.25, 0.3) is 0 Å². The zero-order valence-electron chi connectivity index (χ0n) is 9.98. The van der Waals surface area contributed by atoms with E-state index in [2.05, 4.69) is 10.5 Å². The zero-order chi connectivity index (χ0) is 12.2. The van der Waals surface area contributed by atoms with E-state index in [1.165, 1.54) is 0 Å². The molecule has 1 atom stereocenters. The quantitative estimate of drug-likeness (QED) is 0.599. The summed E-state index contributed by atoms with van der Waals surface area (Å²) in [7, 11) is 1.60. The number of hydrogen-bond donors (Lipinski definition) is 0. The summed E-state index contributed by atoms with van der Waals surface area (Å²) in [5.74, 6) is 0.738. The highest BCUT2D eigenvalue weighted by atomic mass is 32.2. The molecule has 1 rings (SSSR count). The summed E-state index contributed by atoms with van der Waals surface area (Å²) in [6.45, 7) is 5.65. The molecule has 0 fully saturated rings. The summed E-state index contributed by atoms with van der Waals surface area (Å²) in [6, 6.07) is 8.33. The maximum atomic E-state index is 11.7. The SMILES string of the molecule is COc1cc[c]c(/C=N/[S@@+]([O-])C(C)(C)C)c1. The van der Waals surface area contributed by atoms with Crippen LogP contribution in [0.1, 0.15) is 26.3 Å². The Morgan fingerprint density at radius 1 is 1.50 bits per heavy atom. The molecule has 4 heteroatoms. The molecule has 0 aromatic heterocycles. The number of methoxy groups -OCH3 is 1. The molecule has 3 nitrogen and oxygen atoms in total. The van der Waals surface area contributed by atoms with Gasteiger partial charge in [-0.1, -0.05) is 10.5 Å². The highest BCUT2D eigenvalue weighted by Gasteiger charge is 2.25. The van der Waals surface area contributed by atoms with Gasteiger partial charge in [-0.15, -0.1) is 0 Å². The Kier molecular flexibility index (Phi) is 4.38. The molecule has 1 radical (unpaired) electrons. The van der Waals surface area contributed by atoms with E-state index in [4.69, 9.17) is 4.74 Å². The molecular weight excluding hydrogens is 222 g/mol. The summed E-state index contributed by atoms with van der Waals surface area (Å²) < 4.78 is 20.4. The fraction of sp³-hybridized carbons (Fsp3) is 0.417. The first-order valence-electron chi connectivity index (χ1n) is 4.95. The van der Waals surface area contributed by atoms with Gasteiger partial charge in [-0.25, -0.2) is 0 Å². The van der Waals surface area contributed by atoms with Crippen molar-refractivity contribution in [2.75, 3.05) is 7.11 Å². The predicted molar refractivity (Wildman–Crippen MR) is 67.3 cm³/mol. The highest BCUT2D eigenvalue weighted by Crippen LogP contribution is 2.17. The van der Waals surface area contributed by atoms with E-state index in [1.807, 2.05) is 20.8 Å². The third kappa shape index (κ3) is 3.87. The van der Waals surface area contributed by atoms with Crippen LogP contribution in [0.2, 0.25) is 0 Å². The molecule has 0 aliphatic carbocycles. The van der Waals surface area contributed by atoms with E-state index in [9.17, 15) is 4.55 Å². The molecule has 1 aromatic carbocycles. The van der Waals surface area contributed by atoms with Crippen molar-refractivity contribution in [1.29, 1.82) is 0 Å². The highest BCUT2D eigenvalue weighted by molar-refractivity contribution is 7.91. The number of hydrogen-bond acceptors (Lipinski definition) is 3. The van der Waals surface area contributed by atoms with E-state index in [0.29, 0.717) is 0 Å². The summed E-state index contributed by atoms with van der Waals surface area (Å²) in [5.41, 5.74) is 0.761. The molecule has 0 amide bonds. The topological polar surface area (TPSA) is 44.6 Å². The van der Waals surface area contributed by atoms with Crippen LogP contribution in [-0.2, 0) is 11.4 Å². The third-order valence-electron chi connectivity index (χ3n) is 1.84. The number of nitrogens with zero attached hydrogens (tertiary/aromatic N) is 1. The molecule has 0 aliphatic rings. The van der Waals surface area contributed by atoms with Crippen molar-refractivity contribution >= 4 is 17.6 Å². The van der Waals surface area contributed by atoms with Crippen molar-refractivity contribution in [3.05, 3.63) is 29.8 Å².